The van der Waals surface area contributed by atoms with Crippen molar-refractivity contribution in [1.29, 1.82) is 0 Å². The quantitative estimate of drug-likeness (QED) is 0.863. The van der Waals surface area contributed by atoms with Gasteiger partial charge in [-0.3, -0.25) is 4.79 Å². The molecule has 0 saturated carbocycles. The zero-order chi connectivity index (χ0) is 12.4. The van der Waals surface area contributed by atoms with Crippen LogP contribution in [0.3, 0.4) is 0 Å². The maximum absolute atomic E-state index is 12.2. The molecule has 4 nitrogen and oxygen atoms in total. The van der Waals surface area contributed by atoms with Gasteiger partial charge in [-0.1, -0.05) is 0 Å². The van der Waals surface area contributed by atoms with Crippen molar-refractivity contribution in [3.8, 4) is 5.75 Å². The summed E-state index contributed by atoms with van der Waals surface area (Å²) >= 11 is 3.19. The third-order valence-electron chi connectivity index (χ3n) is 2.82. The summed E-state index contributed by atoms with van der Waals surface area (Å²) in [5, 5.41) is 9.57. The number of hydrogen-bond donors (Lipinski definition) is 1. The van der Waals surface area contributed by atoms with Crippen LogP contribution in [0.1, 0.15) is 17.3 Å². The van der Waals surface area contributed by atoms with E-state index in [4.69, 9.17) is 4.74 Å². The first-order valence-electron chi connectivity index (χ1n) is 5.47. The van der Waals surface area contributed by atoms with Crippen molar-refractivity contribution in [1.82, 2.24) is 4.90 Å². The van der Waals surface area contributed by atoms with E-state index in [0.717, 1.165) is 0 Å². The number of halogens is 1. The predicted octanol–water partition coefficient (Wildman–Crippen LogP) is 2.02. The third kappa shape index (κ3) is 2.61. The van der Waals surface area contributed by atoms with E-state index in [1.54, 1.807) is 17.0 Å². The normalized spacial score (nSPS) is 20.4. The molecule has 5 heteroatoms. The summed E-state index contributed by atoms with van der Waals surface area (Å²) in [7, 11) is 0. The highest BCUT2D eigenvalue weighted by Gasteiger charge is 2.24. The summed E-state index contributed by atoms with van der Waals surface area (Å²) in [5.74, 6) is 0.0142. The first-order chi connectivity index (χ1) is 8.09. The number of phenolic OH excluding ortho intramolecular Hbond substituents is 1. The summed E-state index contributed by atoms with van der Waals surface area (Å²) in [6, 6.07) is 4.93. The first kappa shape index (κ1) is 12.4. The van der Waals surface area contributed by atoms with E-state index in [0.29, 0.717) is 29.8 Å². The fourth-order valence-electron chi connectivity index (χ4n) is 1.84. The number of nitrogens with zero attached hydrogens (tertiary/aromatic N) is 1. The summed E-state index contributed by atoms with van der Waals surface area (Å²) in [5.41, 5.74) is 0.499. The molecule has 92 valence electrons. The molecule has 1 heterocycles. The molecule has 1 unspecified atom stereocenters. The van der Waals surface area contributed by atoms with Crippen LogP contribution >= 0.6 is 15.9 Å². The van der Waals surface area contributed by atoms with Crippen LogP contribution in [0.4, 0.5) is 0 Å². The van der Waals surface area contributed by atoms with Gasteiger partial charge in [-0.15, -0.1) is 0 Å². The van der Waals surface area contributed by atoms with E-state index in [2.05, 4.69) is 15.9 Å². The lowest BCUT2D eigenvalue weighted by atomic mass is 10.1. The number of ether oxygens (including phenoxy) is 1. The molecule has 2 rings (SSSR count). The highest BCUT2D eigenvalue weighted by atomic mass is 79.9. The van der Waals surface area contributed by atoms with Crippen LogP contribution in [0.25, 0.3) is 0 Å². The van der Waals surface area contributed by atoms with Crippen molar-refractivity contribution >= 4 is 21.8 Å². The number of aromatic hydroxyl groups is 1. The maximum Gasteiger partial charge on any atom is 0.254 e. The van der Waals surface area contributed by atoms with Crippen molar-refractivity contribution in [3.05, 3.63) is 28.2 Å². The fraction of sp³-hybridized carbons (Fsp3) is 0.417. The number of phenols is 1. The Morgan fingerprint density at radius 1 is 1.59 bits per heavy atom. The molecule has 1 aromatic rings. The summed E-state index contributed by atoms with van der Waals surface area (Å²) in [4.78, 5) is 14.0. The van der Waals surface area contributed by atoms with Gasteiger partial charge >= 0.3 is 0 Å². The van der Waals surface area contributed by atoms with Crippen molar-refractivity contribution in [2.45, 2.75) is 13.0 Å². The summed E-state index contributed by atoms with van der Waals surface area (Å²) in [6.45, 7) is 3.68. The third-order valence-corrected chi connectivity index (χ3v) is 3.49. The van der Waals surface area contributed by atoms with Gasteiger partial charge in [0.25, 0.3) is 5.91 Å². The molecule has 1 fully saturated rings. The van der Waals surface area contributed by atoms with Gasteiger partial charge in [0.2, 0.25) is 0 Å². The Morgan fingerprint density at radius 3 is 3.00 bits per heavy atom. The zero-order valence-electron chi connectivity index (χ0n) is 9.52. The molecular formula is C12H14BrNO3. The van der Waals surface area contributed by atoms with Crippen molar-refractivity contribution < 1.29 is 14.6 Å². The SMILES string of the molecule is CC1COCCN1C(=O)c1ccc(Br)c(O)c1. The van der Waals surface area contributed by atoms with Crippen LogP contribution in [0.2, 0.25) is 0 Å². The standard InChI is InChI=1S/C12H14BrNO3/c1-8-7-17-5-4-14(8)12(16)9-2-3-10(13)11(15)6-9/h2-3,6,8,15H,4-5,7H2,1H3. The van der Waals surface area contributed by atoms with Crippen LogP contribution in [-0.2, 0) is 4.74 Å². The molecule has 1 atom stereocenters. The lowest BCUT2D eigenvalue weighted by Crippen LogP contribution is -2.47. The van der Waals surface area contributed by atoms with Crippen LogP contribution in [0.15, 0.2) is 22.7 Å². The number of rotatable bonds is 1. The van der Waals surface area contributed by atoms with E-state index in [1.807, 2.05) is 6.92 Å². The van der Waals surface area contributed by atoms with E-state index in [-0.39, 0.29) is 17.7 Å². The predicted molar refractivity (Wildman–Crippen MR) is 67.1 cm³/mol. The topological polar surface area (TPSA) is 49.8 Å². The molecule has 1 N–H and O–H groups in total. The second-order valence-electron chi connectivity index (χ2n) is 4.09. The van der Waals surface area contributed by atoms with Gasteiger partial charge in [0.15, 0.2) is 0 Å². The Hall–Kier alpha value is -1.07. The van der Waals surface area contributed by atoms with Gasteiger partial charge in [-0.25, -0.2) is 0 Å². The number of morpholine rings is 1. The molecule has 0 spiro atoms. The minimum absolute atomic E-state index is 0.0661. The minimum atomic E-state index is -0.0661. The molecule has 0 aliphatic carbocycles. The van der Waals surface area contributed by atoms with Gasteiger partial charge in [0, 0.05) is 12.1 Å². The van der Waals surface area contributed by atoms with Gasteiger partial charge in [-0.2, -0.15) is 0 Å². The van der Waals surface area contributed by atoms with Crippen molar-refractivity contribution in [2.75, 3.05) is 19.8 Å². The van der Waals surface area contributed by atoms with E-state index in [1.165, 1.54) is 6.07 Å². The molecule has 0 radical (unpaired) electrons. The summed E-state index contributed by atoms with van der Waals surface area (Å²) < 4.78 is 5.88. The van der Waals surface area contributed by atoms with E-state index < -0.39 is 0 Å². The highest BCUT2D eigenvalue weighted by molar-refractivity contribution is 9.10. The Labute approximate surface area is 108 Å². The smallest absolute Gasteiger partial charge is 0.254 e. The number of carbonyl (C=O) groups excluding carboxylic acids is 1. The average Bonchev–Trinajstić information content (AvgIpc) is 2.32. The Kier molecular flexibility index (Phi) is 3.69. The molecule has 0 bridgehead atoms. The van der Waals surface area contributed by atoms with Crippen LogP contribution in [-0.4, -0.2) is 41.7 Å². The van der Waals surface area contributed by atoms with Crippen molar-refractivity contribution in [2.24, 2.45) is 0 Å². The molecule has 1 aromatic carbocycles. The van der Waals surface area contributed by atoms with Gasteiger partial charge in [0.05, 0.1) is 23.7 Å². The number of benzene rings is 1. The Balaban J connectivity index is 2.21. The number of hydrogen-bond acceptors (Lipinski definition) is 3. The fourth-order valence-corrected chi connectivity index (χ4v) is 2.09. The highest BCUT2D eigenvalue weighted by Crippen LogP contribution is 2.25. The van der Waals surface area contributed by atoms with Crippen LogP contribution in [0, 0.1) is 0 Å². The second-order valence-corrected chi connectivity index (χ2v) is 4.94. The monoisotopic (exact) mass is 299 g/mol. The molecule has 1 aliphatic rings. The Bertz CT molecular complexity index is 436. The van der Waals surface area contributed by atoms with E-state index in [9.17, 15) is 9.90 Å². The molecular weight excluding hydrogens is 286 g/mol. The molecule has 1 saturated heterocycles. The average molecular weight is 300 g/mol. The van der Waals surface area contributed by atoms with Gasteiger partial charge < -0.3 is 14.7 Å². The molecule has 17 heavy (non-hydrogen) atoms. The molecule has 0 aromatic heterocycles. The molecule has 1 amide bonds. The zero-order valence-corrected chi connectivity index (χ0v) is 11.1. The Morgan fingerprint density at radius 2 is 2.35 bits per heavy atom. The van der Waals surface area contributed by atoms with E-state index >= 15 is 0 Å². The van der Waals surface area contributed by atoms with Crippen LogP contribution in [0.5, 0.6) is 5.75 Å². The lowest BCUT2D eigenvalue weighted by molar-refractivity contribution is 0.00358. The number of carbonyl (C=O) groups is 1. The van der Waals surface area contributed by atoms with Gasteiger partial charge in [0.1, 0.15) is 5.75 Å². The second kappa shape index (κ2) is 5.06. The van der Waals surface area contributed by atoms with Crippen molar-refractivity contribution in [3.63, 3.8) is 0 Å². The minimum Gasteiger partial charge on any atom is -0.507 e. The van der Waals surface area contributed by atoms with Gasteiger partial charge in [-0.05, 0) is 41.1 Å². The lowest BCUT2D eigenvalue weighted by Gasteiger charge is -2.33. The molecule has 1 aliphatic heterocycles. The summed E-state index contributed by atoms with van der Waals surface area (Å²) in [6.07, 6.45) is 0. The maximum atomic E-state index is 12.2. The largest absolute Gasteiger partial charge is 0.507 e. The number of amides is 1. The van der Waals surface area contributed by atoms with Crippen LogP contribution < -0.4 is 0 Å². The first-order valence-corrected chi connectivity index (χ1v) is 6.26.